The number of nitrogens with two attached hydrogens (primary N) is 1. The van der Waals surface area contributed by atoms with Gasteiger partial charge < -0.3 is 10.5 Å². The fraction of sp³-hybridized carbons (Fsp3) is 0.143. The third-order valence-corrected chi connectivity index (χ3v) is 4.09. The molecular formula is C14H14FNO2S. The molecule has 2 aromatic carbocycles. The number of methoxy groups -OCH3 is 1. The molecule has 0 aliphatic rings. The van der Waals surface area contributed by atoms with Crippen molar-refractivity contribution in [1.82, 2.24) is 0 Å². The number of hydrogen-bond donors (Lipinski definition) is 1. The monoisotopic (exact) mass is 279 g/mol. The Hall–Kier alpha value is -1.88. The highest BCUT2D eigenvalue weighted by molar-refractivity contribution is 7.84. The fourth-order valence-electron chi connectivity index (χ4n) is 1.69. The fourth-order valence-corrected chi connectivity index (χ4v) is 2.91. The van der Waals surface area contributed by atoms with Crippen LogP contribution in [-0.2, 0) is 16.6 Å². The minimum atomic E-state index is -1.34. The molecule has 1 atom stereocenters. The van der Waals surface area contributed by atoms with Crippen LogP contribution in [0.2, 0.25) is 0 Å². The first-order chi connectivity index (χ1) is 9.10. The SMILES string of the molecule is COc1ccc(N)c(S(=O)Cc2cccc(F)c2)c1. The number of benzene rings is 2. The quantitative estimate of drug-likeness (QED) is 0.875. The van der Waals surface area contributed by atoms with Gasteiger partial charge in [-0.2, -0.15) is 0 Å². The zero-order valence-electron chi connectivity index (χ0n) is 10.4. The number of anilines is 1. The van der Waals surface area contributed by atoms with Crippen LogP contribution in [0.5, 0.6) is 5.75 Å². The second kappa shape index (κ2) is 5.84. The molecule has 0 saturated heterocycles. The van der Waals surface area contributed by atoms with Crippen molar-refractivity contribution in [3.8, 4) is 5.75 Å². The van der Waals surface area contributed by atoms with Crippen LogP contribution in [0.1, 0.15) is 5.56 Å². The van der Waals surface area contributed by atoms with Gasteiger partial charge in [0.15, 0.2) is 0 Å². The topological polar surface area (TPSA) is 52.3 Å². The average molecular weight is 279 g/mol. The Kier molecular flexibility index (Phi) is 4.16. The second-order valence-electron chi connectivity index (χ2n) is 4.02. The van der Waals surface area contributed by atoms with Gasteiger partial charge in [-0.05, 0) is 35.9 Å². The van der Waals surface area contributed by atoms with E-state index in [1.165, 1.54) is 19.2 Å². The van der Waals surface area contributed by atoms with E-state index in [1.807, 2.05) is 0 Å². The summed E-state index contributed by atoms with van der Waals surface area (Å²) >= 11 is 0. The number of nitrogen functional groups attached to an aromatic ring is 1. The molecule has 2 N–H and O–H groups in total. The minimum Gasteiger partial charge on any atom is -0.497 e. The molecule has 0 aromatic heterocycles. The molecule has 5 heteroatoms. The molecule has 0 heterocycles. The molecule has 0 bridgehead atoms. The van der Waals surface area contributed by atoms with E-state index < -0.39 is 10.8 Å². The first kappa shape index (κ1) is 13.5. The molecule has 2 rings (SSSR count). The van der Waals surface area contributed by atoms with Crippen LogP contribution in [0.25, 0.3) is 0 Å². The lowest BCUT2D eigenvalue weighted by Crippen LogP contribution is -2.01. The summed E-state index contributed by atoms with van der Waals surface area (Å²) in [6.45, 7) is 0. The van der Waals surface area contributed by atoms with E-state index in [0.717, 1.165) is 0 Å². The lowest BCUT2D eigenvalue weighted by atomic mass is 10.2. The summed E-state index contributed by atoms with van der Waals surface area (Å²) < 4.78 is 30.4. The Morgan fingerprint density at radius 1 is 1.26 bits per heavy atom. The van der Waals surface area contributed by atoms with Crippen LogP contribution in [0.15, 0.2) is 47.4 Å². The smallest absolute Gasteiger partial charge is 0.123 e. The van der Waals surface area contributed by atoms with Crippen molar-refractivity contribution in [3.63, 3.8) is 0 Å². The predicted molar refractivity (Wildman–Crippen MR) is 73.9 cm³/mol. The Labute approximate surface area is 113 Å². The highest BCUT2D eigenvalue weighted by atomic mass is 32.2. The normalized spacial score (nSPS) is 12.1. The lowest BCUT2D eigenvalue weighted by molar-refractivity contribution is 0.413. The van der Waals surface area contributed by atoms with Crippen LogP contribution in [0.3, 0.4) is 0 Å². The minimum absolute atomic E-state index is 0.217. The van der Waals surface area contributed by atoms with Gasteiger partial charge in [0.05, 0.1) is 28.6 Å². The summed E-state index contributed by atoms with van der Waals surface area (Å²) in [5.74, 6) is 0.472. The molecule has 19 heavy (non-hydrogen) atoms. The van der Waals surface area contributed by atoms with Crippen molar-refractivity contribution < 1.29 is 13.3 Å². The zero-order chi connectivity index (χ0) is 13.8. The first-order valence-electron chi connectivity index (χ1n) is 5.66. The lowest BCUT2D eigenvalue weighted by Gasteiger charge is -2.08. The van der Waals surface area contributed by atoms with Crippen molar-refractivity contribution >= 4 is 16.5 Å². The number of hydrogen-bond acceptors (Lipinski definition) is 3. The highest BCUT2D eigenvalue weighted by Gasteiger charge is 2.10. The van der Waals surface area contributed by atoms with E-state index in [-0.39, 0.29) is 11.6 Å². The Balaban J connectivity index is 2.25. The molecule has 0 aliphatic heterocycles. The van der Waals surface area contributed by atoms with Crippen LogP contribution >= 0.6 is 0 Å². The third-order valence-electron chi connectivity index (χ3n) is 2.65. The van der Waals surface area contributed by atoms with Crippen molar-refractivity contribution in [3.05, 3.63) is 53.8 Å². The van der Waals surface area contributed by atoms with Gasteiger partial charge >= 0.3 is 0 Å². The third kappa shape index (κ3) is 3.32. The van der Waals surface area contributed by atoms with Crippen LogP contribution < -0.4 is 10.5 Å². The number of rotatable bonds is 4. The average Bonchev–Trinajstić information content (AvgIpc) is 2.39. The van der Waals surface area contributed by atoms with Crippen LogP contribution in [-0.4, -0.2) is 11.3 Å². The maximum atomic E-state index is 13.1. The van der Waals surface area contributed by atoms with E-state index >= 15 is 0 Å². The van der Waals surface area contributed by atoms with Gasteiger partial charge in [0.25, 0.3) is 0 Å². The van der Waals surface area contributed by atoms with Crippen LogP contribution in [0, 0.1) is 5.82 Å². The number of ether oxygens (including phenoxy) is 1. The van der Waals surface area contributed by atoms with Gasteiger partial charge in [-0.15, -0.1) is 0 Å². The van der Waals surface area contributed by atoms with Crippen molar-refractivity contribution in [2.75, 3.05) is 12.8 Å². The van der Waals surface area contributed by atoms with E-state index in [9.17, 15) is 8.60 Å². The van der Waals surface area contributed by atoms with E-state index in [0.29, 0.717) is 21.9 Å². The van der Waals surface area contributed by atoms with Crippen molar-refractivity contribution in [2.24, 2.45) is 0 Å². The van der Waals surface area contributed by atoms with Gasteiger partial charge in [-0.25, -0.2) is 4.39 Å². The van der Waals surface area contributed by atoms with Gasteiger partial charge in [-0.3, -0.25) is 4.21 Å². The Morgan fingerprint density at radius 3 is 2.74 bits per heavy atom. The summed E-state index contributed by atoms with van der Waals surface area (Å²) in [5.41, 5.74) is 6.91. The van der Waals surface area contributed by atoms with Gasteiger partial charge in [-0.1, -0.05) is 12.1 Å². The van der Waals surface area contributed by atoms with Crippen molar-refractivity contribution in [1.29, 1.82) is 0 Å². The molecule has 3 nitrogen and oxygen atoms in total. The van der Waals surface area contributed by atoms with Crippen molar-refractivity contribution in [2.45, 2.75) is 10.6 Å². The Bertz CT molecular complexity index is 616. The maximum Gasteiger partial charge on any atom is 0.123 e. The first-order valence-corrected chi connectivity index (χ1v) is 6.98. The van der Waals surface area contributed by atoms with Gasteiger partial charge in [0.1, 0.15) is 11.6 Å². The van der Waals surface area contributed by atoms with Gasteiger partial charge in [0, 0.05) is 5.69 Å². The summed E-state index contributed by atoms with van der Waals surface area (Å²) in [6, 6.07) is 11.1. The zero-order valence-corrected chi connectivity index (χ0v) is 11.2. The summed E-state index contributed by atoms with van der Waals surface area (Å²) in [5, 5.41) is 0. The highest BCUT2D eigenvalue weighted by Crippen LogP contribution is 2.24. The van der Waals surface area contributed by atoms with Crippen LogP contribution in [0.4, 0.5) is 10.1 Å². The largest absolute Gasteiger partial charge is 0.497 e. The molecule has 0 amide bonds. The van der Waals surface area contributed by atoms with E-state index in [1.54, 1.807) is 30.3 Å². The molecule has 0 spiro atoms. The predicted octanol–water partition coefficient (Wildman–Crippen LogP) is 2.72. The molecule has 0 fully saturated rings. The molecule has 0 saturated carbocycles. The molecule has 0 radical (unpaired) electrons. The Morgan fingerprint density at radius 2 is 2.05 bits per heavy atom. The summed E-state index contributed by atoms with van der Waals surface area (Å²) in [6.07, 6.45) is 0. The molecule has 100 valence electrons. The molecule has 1 unspecified atom stereocenters. The maximum absolute atomic E-state index is 13.1. The standard InChI is InChI=1S/C14H14FNO2S/c1-18-12-5-6-13(16)14(8-12)19(17)9-10-3-2-4-11(15)7-10/h2-8H,9,16H2,1H3. The molecular weight excluding hydrogens is 265 g/mol. The summed E-state index contributed by atoms with van der Waals surface area (Å²) in [4.78, 5) is 0.503. The summed E-state index contributed by atoms with van der Waals surface area (Å²) in [7, 11) is 0.195. The van der Waals surface area contributed by atoms with E-state index in [2.05, 4.69) is 0 Å². The molecule has 2 aromatic rings. The number of halogens is 1. The van der Waals surface area contributed by atoms with Gasteiger partial charge in [0.2, 0.25) is 0 Å². The second-order valence-corrected chi connectivity index (χ2v) is 5.44. The molecule has 0 aliphatic carbocycles. The van der Waals surface area contributed by atoms with E-state index in [4.69, 9.17) is 10.5 Å².